The van der Waals surface area contributed by atoms with Crippen molar-refractivity contribution in [1.82, 2.24) is 0 Å². The molecule has 5 aromatic rings. The summed E-state index contributed by atoms with van der Waals surface area (Å²) in [5, 5.41) is 11.2. The van der Waals surface area contributed by atoms with E-state index < -0.39 is 0 Å². The molecular weight excluding hydrogens is 444 g/mol. The van der Waals surface area contributed by atoms with Gasteiger partial charge in [-0.15, -0.1) is 0 Å². The number of aryl methyl sites for hydroxylation is 2. The second-order valence-corrected chi connectivity index (χ2v) is 10.8. The molecule has 180 valence electrons. The molecule has 0 atom stereocenters. The molecule has 5 aromatic carbocycles. The number of hydrogen-bond donors (Lipinski definition) is 0. The van der Waals surface area contributed by atoms with Crippen LogP contribution in [-0.2, 0) is 12.8 Å². The van der Waals surface area contributed by atoms with Gasteiger partial charge in [-0.1, -0.05) is 82.2 Å². The second-order valence-electron chi connectivity index (χ2n) is 10.3. The van der Waals surface area contributed by atoms with Crippen LogP contribution in [0.5, 0.6) is 0 Å². The van der Waals surface area contributed by atoms with E-state index in [1.165, 1.54) is 107 Å². The number of unbranched alkanes of at least 4 members (excludes halogenated alkanes) is 6. The van der Waals surface area contributed by atoms with Crippen molar-refractivity contribution in [2.24, 2.45) is 0 Å². The van der Waals surface area contributed by atoms with Gasteiger partial charge in [0.1, 0.15) is 0 Å². The molecule has 0 amide bonds. The molecule has 5 rings (SSSR count). The Kier molecular flexibility index (Phi) is 7.59. The normalized spacial score (nSPS) is 11.9. The Bertz CT molecular complexity index is 1480. The van der Waals surface area contributed by atoms with Gasteiger partial charge in [0.25, 0.3) is 0 Å². The van der Waals surface area contributed by atoms with E-state index in [-0.39, 0.29) is 0 Å². The van der Waals surface area contributed by atoms with Crippen LogP contribution in [0.1, 0.15) is 76.3 Å². The van der Waals surface area contributed by atoms with Crippen LogP contribution in [0.15, 0.2) is 66.7 Å². The largest absolute Gasteiger partial charge is 0.0843 e. The first-order valence-electron chi connectivity index (χ1n) is 13.7. The Balaban J connectivity index is 1.56. The molecule has 0 bridgehead atoms. The van der Waals surface area contributed by atoms with Crippen LogP contribution in [-0.4, -0.2) is 0 Å². The average molecular weight is 481 g/mol. The molecule has 0 aliphatic rings. The van der Waals surface area contributed by atoms with Crippen LogP contribution in [0.25, 0.3) is 43.1 Å². The second kappa shape index (κ2) is 11.0. The highest BCUT2D eigenvalue weighted by Gasteiger charge is 2.09. The number of hydrogen-bond acceptors (Lipinski definition) is 0. The van der Waals surface area contributed by atoms with E-state index in [4.69, 9.17) is 11.6 Å². The third-order valence-electron chi connectivity index (χ3n) is 7.59. The predicted octanol–water partition coefficient (Wildman–Crippen LogP) is 11.2. The summed E-state index contributed by atoms with van der Waals surface area (Å²) in [7, 11) is 0. The Morgan fingerprint density at radius 3 is 1.29 bits per heavy atom. The van der Waals surface area contributed by atoms with Gasteiger partial charge in [-0.05, 0) is 128 Å². The van der Waals surface area contributed by atoms with E-state index in [0.29, 0.717) is 0 Å². The van der Waals surface area contributed by atoms with Crippen molar-refractivity contribution < 1.29 is 0 Å². The molecule has 0 heterocycles. The summed E-state index contributed by atoms with van der Waals surface area (Å²) in [5.74, 6) is 0. The summed E-state index contributed by atoms with van der Waals surface area (Å²) in [4.78, 5) is 0. The van der Waals surface area contributed by atoms with Gasteiger partial charge in [0, 0.05) is 5.02 Å². The van der Waals surface area contributed by atoms with Crippen molar-refractivity contribution in [3.8, 4) is 0 Å². The zero-order valence-corrected chi connectivity index (χ0v) is 22.1. The number of benzene rings is 5. The molecule has 0 aliphatic heterocycles. The van der Waals surface area contributed by atoms with E-state index in [9.17, 15) is 0 Å². The summed E-state index contributed by atoms with van der Waals surface area (Å²) >= 11 is 6.26. The van der Waals surface area contributed by atoms with Crippen molar-refractivity contribution in [2.45, 2.75) is 78.1 Å². The Morgan fingerprint density at radius 1 is 0.429 bits per heavy atom. The van der Waals surface area contributed by atoms with Gasteiger partial charge in [-0.3, -0.25) is 0 Å². The highest BCUT2D eigenvalue weighted by molar-refractivity contribution is 6.31. The van der Waals surface area contributed by atoms with Crippen LogP contribution in [0, 0.1) is 0 Å². The molecule has 35 heavy (non-hydrogen) atoms. The summed E-state index contributed by atoms with van der Waals surface area (Å²) in [6, 6.07) is 25.3. The van der Waals surface area contributed by atoms with E-state index >= 15 is 0 Å². The molecule has 0 spiro atoms. The van der Waals surface area contributed by atoms with Crippen LogP contribution in [0.4, 0.5) is 0 Å². The highest BCUT2D eigenvalue weighted by atomic mass is 35.5. The van der Waals surface area contributed by atoms with Crippen LogP contribution in [0.3, 0.4) is 0 Å². The Morgan fingerprint density at radius 2 is 0.829 bits per heavy atom. The minimum atomic E-state index is 0.792. The Hall–Kier alpha value is -2.57. The van der Waals surface area contributed by atoms with Crippen molar-refractivity contribution >= 4 is 54.7 Å². The molecule has 0 aliphatic carbocycles. The first-order chi connectivity index (χ1) is 17.1. The molecule has 0 unspecified atom stereocenters. The van der Waals surface area contributed by atoms with Crippen molar-refractivity contribution in [3.05, 3.63) is 82.9 Å². The predicted molar refractivity (Wildman–Crippen MR) is 157 cm³/mol. The number of halogens is 1. The van der Waals surface area contributed by atoms with E-state index in [1.807, 2.05) is 6.07 Å². The van der Waals surface area contributed by atoms with Crippen molar-refractivity contribution in [2.75, 3.05) is 0 Å². The third kappa shape index (κ3) is 5.49. The fraction of sp³-hybridized carbons (Fsp3) is 0.353. The molecule has 0 saturated heterocycles. The van der Waals surface area contributed by atoms with Gasteiger partial charge in [0.2, 0.25) is 0 Å². The fourth-order valence-corrected chi connectivity index (χ4v) is 5.75. The maximum absolute atomic E-state index is 6.26. The molecule has 0 radical (unpaired) electrons. The van der Waals surface area contributed by atoms with Crippen LogP contribution >= 0.6 is 11.6 Å². The number of fused-ring (bicyclic) bond motifs is 4. The standard InChI is InChI=1S/C34H37Cl/c1-3-5-7-9-11-24-15-27-18-30-20-29-17-26-13-14-34(35)23-33(26)22-32(29)21-31(30)19-28(27)16-25(24)12-10-8-6-4-2/h13-23H,3-12H2,1-2H3. The fourth-order valence-electron chi connectivity index (χ4n) is 5.57. The summed E-state index contributed by atoms with van der Waals surface area (Å²) in [5.41, 5.74) is 3.15. The minimum Gasteiger partial charge on any atom is -0.0843 e. The number of rotatable bonds is 10. The smallest absolute Gasteiger partial charge is 0.0412 e. The maximum Gasteiger partial charge on any atom is 0.0412 e. The Labute approximate surface area is 215 Å². The quantitative estimate of drug-likeness (QED) is 0.138. The molecular formula is C34H37Cl. The van der Waals surface area contributed by atoms with Crippen LogP contribution < -0.4 is 0 Å². The molecule has 0 nitrogen and oxygen atoms in total. The van der Waals surface area contributed by atoms with E-state index in [0.717, 1.165) is 5.02 Å². The van der Waals surface area contributed by atoms with Crippen molar-refractivity contribution in [3.63, 3.8) is 0 Å². The van der Waals surface area contributed by atoms with E-state index in [2.05, 4.69) is 74.5 Å². The van der Waals surface area contributed by atoms with Gasteiger partial charge in [-0.2, -0.15) is 0 Å². The zero-order valence-electron chi connectivity index (χ0n) is 21.3. The van der Waals surface area contributed by atoms with Gasteiger partial charge in [0.15, 0.2) is 0 Å². The lowest BCUT2D eigenvalue weighted by Gasteiger charge is -2.14. The minimum absolute atomic E-state index is 0.792. The summed E-state index contributed by atoms with van der Waals surface area (Å²) in [6.07, 6.45) is 13.0. The molecule has 0 aromatic heterocycles. The van der Waals surface area contributed by atoms with Gasteiger partial charge in [-0.25, -0.2) is 0 Å². The lowest BCUT2D eigenvalue weighted by molar-refractivity contribution is 0.651. The zero-order chi connectivity index (χ0) is 24.2. The maximum atomic E-state index is 6.26. The molecule has 0 fully saturated rings. The van der Waals surface area contributed by atoms with Crippen molar-refractivity contribution in [1.29, 1.82) is 0 Å². The summed E-state index contributed by atoms with van der Waals surface area (Å²) in [6.45, 7) is 4.59. The third-order valence-corrected chi connectivity index (χ3v) is 7.82. The monoisotopic (exact) mass is 480 g/mol. The topological polar surface area (TPSA) is 0 Å². The lowest BCUT2D eigenvalue weighted by atomic mass is 9.91. The first kappa shape index (κ1) is 24.1. The average Bonchev–Trinajstić information content (AvgIpc) is 2.85. The molecule has 1 heteroatoms. The summed E-state index contributed by atoms with van der Waals surface area (Å²) < 4.78 is 0. The molecule has 0 saturated carbocycles. The van der Waals surface area contributed by atoms with Crippen LogP contribution in [0.2, 0.25) is 5.02 Å². The van der Waals surface area contributed by atoms with E-state index in [1.54, 1.807) is 11.1 Å². The lowest BCUT2D eigenvalue weighted by Crippen LogP contribution is -1.97. The van der Waals surface area contributed by atoms with Gasteiger partial charge >= 0.3 is 0 Å². The SMILES string of the molecule is CCCCCCc1cc2cc3cc4cc5ccc(Cl)cc5cc4cc3cc2cc1CCCCCC. The molecule has 0 N–H and O–H groups in total. The highest BCUT2D eigenvalue weighted by Crippen LogP contribution is 2.32. The first-order valence-corrected chi connectivity index (χ1v) is 14.0. The van der Waals surface area contributed by atoms with Gasteiger partial charge < -0.3 is 0 Å². The van der Waals surface area contributed by atoms with Gasteiger partial charge in [0.05, 0.1) is 0 Å².